The number of nitrogens with zero attached hydrogens (tertiary/aromatic N) is 1. The summed E-state index contributed by atoms with van der Waals surface area (Å²) in [5.74, 6) is -0.353. The molecule has 0 aliphatic rings. The first-order chi connectivity index (χ1) is 9.62. The predicted octanol–water partition coefficient (Wildman–Crippen LogP) is 2.44. The van der Waals surface area contributed by atoms with Crippen LogP contribution in [0.4, 0.5) is 4.39 Å². The van der Waals surface area contributed by atoms with Crippen molar-refractivity contribution in [1.82, 2.24) is 10.6 Å². The van der Waals surface area contributed by atoms with Crippen LogP contribution in [0, 0.1) is 17.1 Å². The van der Waals surface area contributed by atoms with Crippen LogP contribution in [0.1, 0.15) is 12.0 Å². The van der Waals surface area contributed by atoms with Crippen molar-refractivity contribution in [3.8, 4) is 11.8 Å². The third-order valence-electron chi connectivity index (χ3n) is 2.58. The maximum absolute atomic E-state index is 13.3. The quantitative estimate of drug-likeness (QED) is 0.811. The van der Waals surface area contributed by atoms with Crippen molar-refractivity contribution in [2.24, 2.45) is 0 Å². The minimum Gasteiger partial charge on any atom is -0.485 e. The molecule has 0 spiro atoms. The second-order valence-corrected chi connectivity index (χ2v) is 4.48. The van der Waals surface area contributed by atoms with E-state index in [0.29, 0.717) is 6.42 Å². The summed E-state index contributed by atoms with van der Waals surface area (Å²) in [6.07, 6.45) is 4.03. The number of rotatable bonds is 7. The molecule has 0 amide bonds. The molecule has 0 aliphatic heterocycles. The highest BCUT2D eigenvalue weighted by Gasteiger charge is 2.13. The van der Waals surface area contributed by atoms with E-state index in [4.69, 9.17) is 21.6 Å². The predicted molar refractivity (Wildman–Crippen MR) is 77.3 cm³/mol. The second kappa shape index (κ2) is 8.41. The fourth-order valence-electron chi connectivity index (χ4n) is 1.56. The molecular formula is C14H17ClFN3O. The molecule has 1 atom stereocenters. The van der Waals surface area contributed by atoms with Crippen molar-refractivity contribution in [2.75, 3.05) is 20.6 Å². The van der Waals surface area contributed by atoms with Gasteiger partial charge in [-0.15, -0.1) is 0 Å². The maximum atomic E-state index is 13.3. The highest BCUT2D eigenvalue weighted by Crippen LogP contribution is 2.27. The molecule has 1 unspecified atom stereocenters. The third-order valence-corrected chi connectivity index (χ3v) is 2.87. The van der Waals surface area contributed by atoms with Gasteiger partial charge in [0.25, 0.3) is 0 Å². The van der Waals surface area contributed by atoms with Crippen LogP contribution in [0.2, 0.25) is 5.02 Å². The van der Waals surface area contributed by atoms with Gasteiger partial charge in [-0.3, -0.25) is 0 Å². The summed E-state index contributed by atoms with van der Waals surface area (Å²) < 4.78 is 19.1. The van der Waals surface area contributed by atoms with Crippen molar-refractivity contribution >= 4 is 11.6 Å². The van der Waals surface area contributed by atoms with Gasteiger partial charge in [0.15, 0.2) is 0 Å². The molecule has 0 aromatic heterocycles. The van der Waals surface area contributed by atoms with Crippen LogP contribution in [0.25, 0.3) is 0 Å². The van der Waals surface area contributed by atoms with E-state index in [2.05, 4.69) is 10.6 Å². The largest absolute Gasteiger partial charge is 0.485 e. The zero-order valence-electron chi connectivity index (χ0n) is 11.4. The molecule has 20 heavy (non-hydrogen) atoms. The first-order valence-electron chi connectivity index (χ1n) is 6.16. The van der Waals surface area contributed by atoms with E-state index in [1.165, 1.54) is 6.07 Å². The van der Waals surface area contributed by atoms with E-state index in [9.17, 15) is 4.39 Å². The van der Waals surface area contributed by atoms with E-state index in [0.717, 1.165) is 12.6 Å². The molecule has 0 saturated heterocycles. The van der Waals surface area contributed by atoms with Crippen LogP contribution in [-0.2, 0) is 0 Å². The molecule has 4 nitrogen and oxygen atoms in total. The number of ether oxygens (including phenoxy) is 1. The minimum absolute atomic E-state index is 0.0658. The Balaban J connectivity index is 2.95. The first-order valence-corrected chi connectivity index (χ1v) is 6.54. The lowest BCUT2D eigenvalue weighted by molar-refractivity contribution is 0.237. The number of halogens is 2. The lowest BCUT2D eigenvalue weighted by atomic mass is 10.2. The normalized spacial score (nSPS) is 12.2. The van der Waals surface area contributed by atoms with Gasteiger partial charge in [0.2, 0.25) is 0 Å². The van der Waals surface area contributed by atoms with Crippen LogP contribution >= 0.6 is 11.6 Å². The average Bonchev–Trinajstić information content (AvgIpc) is 2.45. The first kappa shape index (κ1) is 16.3. The van der Waals surface area contributed by atoms with Crippen molar-refractivity contribution in [2.45, 2.75) is 12.5 Å². The SMILES string of the molecule is CN/C=C/C(CCNC)Oc1cc(Cl)c(F)cc1C#N. The fourth-order valence-corrected chi connectivity index (χ4v) is 1.71. The average molecular weight is 298 g/mol. The van der Waals surface area contributed by atoms with Gasteiger partial charge in [-0.1, -0.05) is 11.6 Å². The van der Waals surface area contributed by atoms with Crippen LogP contribution < -0.4 is 15.4 Å². The lowest BCUT2D eigenvalue weighted by Crippen LogP contribution is -2.21. The Bertz CT molecular complexity index is 514. The molecule has 1 rings (SSSR count). The Morgan fingerprint density at radius 3 is 2.85 bits per heavy atom. The number of nitriles is 1. The van der Waals surface area contributed by atoms with Gasteiger partial charge in [-0.2, -0.15) is 5.26 Å². The van der Waals surface area contributed by atoms with E-state index in [1.54, 1.807) is 13.2 Å². The zero-order valence-corrected chi connectivity index (χ0v) is 12.2. The Labute approximate surface area is 123 Å². The Morgan fingerprint density at radius 2 is 2.25 bits per heavy atom. The molecule has 0 heterocycles. The smallest absolute Gasteiger partial charge is 0.143 e. The van der Waals surface area contributed by atoms with Crippen molar-refractivity contribution < 1.29 is 9.13 Å². The van der Waals surface area contributed by atoms with Gasteiger partial charge < -0.3 is 15.4 Å². The summed E-state index contributed by atoms with van der Waals surface area (Å²) in [5, 5.41) is 14.9. The van der Waals surface area contributed by atoms with Gasteiger partial charge in [-0.05, 0) is 31.9 Å². The molecule has 108 valence electrons. The molecule has 2 N–H and O–H groups in total. The summed E-state index contributed by atoms with van der Waals surface area (Å²) in [6.45, 7) is 0.746. The highest BCUT2D eigenvalue weighted by atomic mass is 35.5. The van der Waals surface area contributed by atoms with Gasteiger partial charge in [-0.25, -0.2) is 4.39 Å². The number of hydrogen-bond acceptors (Lipinski definition) is 4. The van der Waals surface area contributed by atoms with E-state index in [-0.39, 0.29) is 22.4 Å². The van der Waals surface area contributed by atoms with Crippen LogP contribution in [0.3, 0.4) is 0 Å². The van der Waals surface area contributed by atoms with Crippen LogP contribution in [0.15, 0.2) is 24.4 Å². The molecule has 0 bridgehead atoms. The molecule has 1 aromatic rings. The molecule has 0 aliphatic carbocycles. The van der Waals surface area contributed by atoms with Gasteiger partial charge in [0, 0.05) is 19.5 Å². The summed E-state index contributed by atoms with van der Waals surface area (Å²) in [7, 11) is 3.62. The van der Waals surface area contributed by atoms with Gasteiger partial charge in [0.05, 0.1) is 10.6 Å². The zero-order chi connectivity index (χ0) is 15.0. The molecule has 0 fully saturated rings. The topological polar surface area (TPSA) is 57.1 Å². The fraction of sp³-hybridized carbons (Fsp3) is 0.357. The van der Waals surface area contributed by atoms with E-state index < -0.39 is 5.82 Å². The monoisotopic (exact) mass is 297 g/mol. The molecular weight excluding hydrogens is 281 g/mol. The Morgan fingerprint density at radius 1 is 1.50 bits per heavy atom. The number of hydrogen-bond donors (Lipinski definition) is 2. The lowest BCUT2D eigenvalue weighted by Gasteiger charge is -2.17. The molecule has 1 aromatic carbocycles. The standard InChI is InChI=1S/C14H17ClFN3O/c1-18-5-3-11(4-6-19-2)20-14-8-12(15)13(16)7-10(14)9-17/h3,5,7-8,11,18-19H,4,6H2,1-2H3/b5-3+. The second-order valence-electron chi connectivity index (χ2n) is 4.07. The van der Waals surface area contributed by atoms with Crippen LogP contribution in [-0.4, -0.2) is 26.7 Å². The molecule has 0 radical (unpaired) electrons. The van der Waals surface area contributed by atoms with Gasteiger partial charge >= 0.3 is 0 Å². The maximum Gasteiger partial charge on any atom is 0.143 e. The Hall–Kier alpha value is -1.77. The summed E-state index contributed by atoms with van der Waals surface area (Å²) in [6, 6.07) is 4.31. The van der Waals surface area contributed by atoms with E-state index >= 15 is 0 Å². The van der Waals surface area contributed by atoms with Crippen LogP contribution in [0.5, 0.6) is 5.75 Å². The summed E-state index contributed by atoms with van der Waals surface area (Å²) in [4.78, 5) is 0. The number of nitrogens with one attached hydrogen (secondary N) is 2. The van der Waals surface area contributed by atoms with Crippen molar-refractivity contribution in [3.05, 3.63) is 40.8 Å². The number of benzene rings is 1. The van der Waals surface area contributed by atoms with Gasteiger partial charge in [0.1, 0.15) is 23.7 Å². The van der Waals surface area contributed by atoms with Crippen molar-refractivity contribution in [1.29, 1.82) is 5.26 Å². The molecule has 0 saturated carbocycles. The highest BCUT2D eigenvalue weighted by molar-refractivity contribution is 6.30. The molecule has 6 heteroatoms. The van der Waals surface area contributed by atoms with E-state index in [1.807, 2.05) is 19.2 Å². The summed E-state index contributed by atoms with van der Waals surface area (Å²) >= 11 is 5.73. The minimum atomic E-state index is -0.631. The van der Waals surface area contributed by atoms with Crippen molar-refractivity contribution in [3.63, 3.8) is 0 Å². The Kier molecular flexibility index (Phi) is 6.85. The third kappa shape index (κ3) is 4.72. The summed E-state index contributed by atoms with van der Waals surface area (Å²) in [5.41, 5.74) is 0.124.